The van der Waals surface area contributed by atoms with Crippen molar-refractivity contribution in [2.45, 2.75) is 139 Å². The molecule has 1 aromatic rings. The monoisotopic (exact) mass is 638 g/mol. The molecular weight excluding hydrogens is 588 g/mol. The fraction of sp³-hybridized carbons (Fsp3) is 0.758. The van der Waals surface area contributed by atoms with Crippen LogP contribution in [0.5, 0.6) is 11.5 Å². The highest BCUT2D eigenvalue weighted by molar-refractivity contribution is 5.54. The van der Waals surface area contributed by atoms with Gasteiger partial charge in [-0.2, -0.15) is 0 Å². The van der Waals surface area contributed by atoms with E-state index in [0.717, 1.165) is 49.7 Å². The van der Waals surface area contributed by atoms with E-state index < -0.39 is 80.2 Å². The molecule has 3 aliphatic heterocycles. The Labute approximate surface area is 264 Å². The van der Waals surface area contributed by atoms with E-state index in [9.17, 15) is 35.7 Å². The van der Waals surface area contributed by atoms with Crippen LogP contribution in [0.3, 0.4) is 0 Å². The Balaban J connectivity index is 1.41. The van der Waals surface area contributed by atoms with Gasteiger partial charge in [0.05, 0.1) is 13.2 Å². The van der Waals surface area contributed by atoms with E-state index in [0.29, 0.717) is 11.5 Å². The summed E-state index contributed by atoms with van der Waals surface area (Å²) in [6.07, 6.45) is -6.90. The van der Waals surface area contributed by atoms with Gasteiger partial charge in [0.2, 0.25) is 6.29 Å². The Morgan fingerprint density at radius 1 is 0.867 bits per heavy atom. The predicted octanol–water partition coefficient (Wildman–Crippen LogP) is 1.03. The van der Waals surface area contributed by atoms with Gasteiger partial charge in [0.15, 0.2) is 6.29 Å². The third kappa shape index (κ3) is 7.06. The standard InChI is InChI=1S/C33H50O12/c1-5-6-7-8-17-12-20(24-18-11-16(2)9-10-19(18)33(3,4)45-21(24)13-17)42-32-30(40)28(38)26(36)23(44-32)15-41-31-29(39)27(37)25(35)22(14-34)43-31/h11-13,18-19,22-23,25-32,34-40H,5-10,14-15H2,1-4H3. The van der Waals surface area contributed by atoms with Crippen molar-refractivity contribution in [1.82, 2.24) is 0 Å². The molecule has 0 amide bonds. The first-order valence-electron chi connectivity index (χ1n) is 16.2. The first-order chi connectivity index (χ1) is 21.4. The van der Waals surface area contributed by atoms with Crippen LogP contribution in [0.25, 0.3) is 0 Å². The number of unbranched alkanes of at least 4 members (excludes halogenated alkanes) is 2. The van der Waals surface area contributed by atoms with Crippen LogP contribution in [0.1, 0.15) is 76.8 Å². The van der Waals surface area contributed by atoms with Crippen LogP contribution < -0.4 is 9.47 Å². The van der Waals surface area contributed by atoms with Gasteiger partial charge in [-0.25, -0.2) is 0 Å². The molecule has 1 aromatic carbocycles. The molecule has 12 unspecified atom stereocenters. The first-order valence-corrected chi connectivity index (χ1v) is 16.2. The van der Waals surface area contributed by atoms with Gasteiger partial charge in [0, 0.05) is 17.4 Å². The zero-order valence-electron chi connectivity index (χ0n) is 26.5. The minimum absolute atomic E-state index is 0.00115. The molecule has 0 spiro atoms. The van der Waals surface area contributed by atoms with Crippen molar-refractivity contribution in [3.05, 3.63) is 34.9 Å². The lowest BCUT2D eigenvalue weighted by atomic mass is 9.68. The lowest BCUT2D eigenvalue weighted by Gasteiger charge is -2.47. The number of aryl methyl sites for hydroxylation is 1. The third-order valence-corrected chi connectivity index (χ3v) is 9.76. The highest BCUT2D eigenvalue weighted by Crippen LogP contribution is 2.54. The van der Waals surface area contributed by atoms with Crippen LogP contribution in [0.4, 0.5) is 0 Å². The second kappa shape index (κ2) is 14.1. The minimum atomic E-state index is -1.66. The van der Waals surface area contributed by atoms with Crippen LogP contribution in [-0.4, -0.2) is 116 Å². The van der Waals surface area contributed by atoms with Crippen LogP contribution in [-0.2, 0) is 20.6 Å². The summed E-state index contributed by atoms with van der Waals surface area (Å²) in [5, 5.41) is 72.5. The van der Waals surface area contributed by atoms with Crippen LogP contribution >= 0.6 is 0 Å². The fourth-order valence-electron chi connectivity index (χ4n) is 7.05. The van der Waals surface area contributed by atoms with Crippen molar-refractivity contribution in [2.24, 2.45) is 5.92 Å². The molecule has 0 bridgehead atoms. The molecule has 12 heteroatoms. The Morgan fingerprint density at radius 3 is 2.22 bits per heavy atom. The number of benzene rings is 1. The molecule has 7 N–H and O–H groups in total. The molecule has 254 valence electrons. The van der Waals surface area contributed by atoms with Gasteiger partial charge in [0.25, 0.3) is 0 Å². The summed E-state index contributed by atoms with van der Waals surface area (Å²) in [5.41, 5.74) is 2.72. The molecule has 3 heterocycles. The third-order valence-electron chi connectivity index (χ3n) is 9.76. The largest absolute Gasteiger partial charge is 0.487 e. The molecule has 0 radical (unpaired) electrons. The summed E-state index contributed by atoms with van der Waals surface area (Å²) in [4.78, 5) is 0. The summed E-state index contributed by atoms with van der Waals surface area (Å²) in [6, 6.07) is 4.01. The Hall–Kier alpha value is -1.84. The van der Waals surface area contributed by atoms with Crippen molar-refractivity contribution in [1.29, 1.82) is 0 Å². The Morgan fingerprint density at radius 2 is 1.53 bits per heavy atom. The van der Waals surface area contributed by atoms with Crippen molar-refractivity contribution in [3.63, 3.8) is 0 Å². The Kier molecular flexibility index (Phi) is 10.8. The van der Waals surface area contributed by atoms with Gasteiger partial charge in [0.1, 0.15) is 65.9 Å². The zero-order valence-corrected chi connectivity index (χ0v) is 26.5. The number of hydrogen-bond donors (Lipinski definition) is 7. The number of hydrogen-bond acceptors (Lipinski definition) is 12. The number of aliphatic hydroxyl groups excluding tert-OH is 7. The second-order valence-electron chi connectivity index (χ2n) is 13.5. The average molecular weight is 639 g/mol. The molecular formula is C33H50O12. The van der Waals surface area contributed by atoms with Crippen molar-refractivity contribution in [2.75, 3.05) is 13.2 Å². The van der Waals surface area contributed by atoms with Crippen LogP contribution in [0.2, 0.25) is 0 Å². The summed E-state index contributed by atoms with van der Waals surface area (Å²) in [5.74, 6) is 1.37. The molecule has 12 atom stereocenters. The average Bonchev–Trinajstić information content (AvgIpc) is 2.99. The van der Waals surface area contributed by atoms with Gasteiger partial charge in [-0.15, -0.1) is 0 Å². The molecule has 0 aromatic heterocycles. The lowest BCUT2D eigenvalue weighted by molar-refractivity contribution is -0.323. The SMILES string of the molecule is CCCCCc1cc(OC2OC(COC3OC(CO)C(O)C(O)C3O)C(O)C(O)C2O)c2c(c1)OC(C)(C)C1CCC(C)=CC21. The molecule has 2 fully saturated rings. The molecule has 12 nitrogen and oxygen atoms in total. The van der Waals surface area contributed by atoms with Crippen molar-refractivity contribution < 1.29 is 59.4 Å². The van der Waals surface area contributed by atoms with E-state index in [1.54, 1.807) is 0 Å². The number of aliphatic hydroxyl groups is 7. The first kappa shape index (κ1) is 34.5. The number of fused-ring (bicyclic) bond motifs is 3. The highest BCUT2D eigenvalue weighted by atomic mass is 16.7. The quantitative estimate of drug-likeness (QED) is 0.143. The summed E-state index contributed by atoms with van der Waals surface area (Å²) >= 11 is 0. The van der Waals surface area contributed by atoms with Gasteiger partial charge < -0.3 is 59.4 Å². The maximum atomic E-state index is 11.0. The molecule has 1 aliphatic carbocycles. The van der Waals surface area contributed by atoms with E-state index in [4.69, 9.17) is 23.7 Å². The predicted molar refractivity (Wildman–Crippen MR) is 161 cm³/mol. The van der Waals surface area contributed by atoms with E-state index in [1.165, 1.54) is 5.57 Å². The van der Waals surface area contributed by atoms with Crippen LogP contribution in [0, 0.1) is 5.92 Å². The topological polar surface area (TPSA) is 188 Å². The van der Waals surface area contributed by atoms with E-state index in [1.807, 2.05) is 6.07 Å². The molecule has 45 heavy (non-hydrogen) atoms. The minimum Gasteiger partial charge on any atom is -0.487 e. The molecule has 0 saturated carbocycles. The second-order valence-corrected chi connectivity index (χ2v) is 13.5. The van der Waals surface area contributed by atoms with Gasteiger partial charge in [-0.05, 0) is 64.2 Å². The van der Waals surface area contributed by atoms with Gasteiger partial charge >= 0.3 is 0 Å². The number of ether oxygens (including phenoxy) is 5. The molecule has 2 saturated heterocycles. The van der Waals surface area contributed by atoms with Gasteiger partial charge in [-0.3, -0.25) is 0 Å². The van der Waals surface area contributed by atoms with Crippen molar-refractivity contribution in [3.8, 4) is 11.5 Å². The van der Waals surface area contributed by atoms with E-state index >= 15 is 0 Å². The molecule has 4 aliphatic rings. The van der Waals surface area contributed by atoms with Crippen molar-refractivity contribution >= 4 is 0 Å². The maximum Gasteiger partial charge on any atom is 0.229 e. The Bertz CT molecular complexity index is 1190. The summed E-state index contributed by atoms with van der Waals surface area (Å²) in [7, 11) is 0. The summed E-state index contributed by atoms with van der Waals surface area (Å²) in [6.45, 7) is 7.41. The van der Waals surface area contributed by atoms with Gasteiger partial charge in [-0.1, -0.05) is 31.4 Å². The molecule has 5 rings (SSSR count). The zero-order chi connectivity index (χ0) is 32.6. The van der Waals surface area contributed by atoms with Crippen LogP contribution in [0.15, 0.2) is 23.8 Å². The number of rotatable bonds is 10. The van der Waals surface area contributed by atoms with E-state index in [-0.39, 0.29) is 11.8 Å². The lowest BCUT2D eigenvalue weighted by Crippen LogP contribution is -2.62. The van der Waals surface area contributed by atoms with E-state index in [2.05, 4.69) is 39.8 Å². The fourth-order valence-corrected chi connectivity index (χ4v) is 7.05. The highest BCUT2D eigenvalue weighted by Gasteiger charge is 2.49. The maximum absolute atomic E-state index is 11.0. The summed E-state index contributed by atoms with van der Waals surface area (Å²) < 4.78 is 30.0. The number of allylic oxidation sites excluding steroid dienone is 2. The normalized spacial score (nSPS) is 39.3. The smallest absolute Gasteiger partial charge is 0.229 e.